The number of halogens is 1. The van der Waals surface area contributed by atoms with Crippen molar-refractivity contribution in [2.75, 3.05) is 19.6 Å². The average Bonchev–Trinajstić information content (AvgIpc) is 2.96. The average molecular weight is 385 g/mol. The SMILES string of the molecule is O=C(CN1CCCC(c2nnc3n2CCCCC3)C1)NCc1ccccc1F. The lowest BCUT2D eigenvalue weighted by Crippen LogP contribution is -2.42. The molecule has 0 aliphatic carbocycles. The molecule has 6 nitrogen and oxygen atoms in total. The van der Waals surface area contributed by atoms with Gasteiger partial charge in [0, 0.05) is 37.5 Å². The van der Waals surface area contributed by atoms with Crippen LogP contribution < -0.4 is 5.32 Å². The number of amides is 1. The number of aryl methyl sites for hydroxylation is 1. The molecular formula is C21H28FN5O. The molecule has 1 amide bonds. The fourth-order valence-electron chi connectivity index (χ4n) is 4.31. The van der Waals surface area contributed by atoms with Gasteiger partial charge in [0.1, 0.15) is 17.5 Å². The van der Waals surface area contributed by atoms with Crippen molar-refractivity contribution in [3.05, 3.63) is 47.3 Å². The van der Waals surface area contributed by atoms with Crippen LogP contribution in [0.5, 0.6) is 0 Å². The van der Waals surface area contributed by atoms with Crippen molar-refractivity contribution in [2.45, 2.75) is 57.5 Å². The highest BCUT2D eigenvalue weighted by molar-refractivity contribution is 5.78. The Hall–Kier alpha value is -2.28. The number of carbonyl (C=O) groups is 1. The zero-order valence-electron chi connectivity index (χ0n) is 16.2. The molecule has 1 atom stereocenters. The van der Waals surface area contributed by atoms with Crippen LogP contribution in [0.1, 0.15) is 55.2 Å². The molecule has 150 valence electrons. The van der Waals surface area contributed by atoms with E-state index < -0.39 is 0 Å². The van der Waals surface area contributed by atoms with Gasteiger partial charge in [0.05, 0.1) is 6.54 Å². The maximum atomic E-state index is 13.7. The molecule has 0 radical (unpaired) electrons. The minimum Gasteiger partial charge on any atom is -0.351 e. The van der Waals surface area contributed by atoms with Crippen LogP contribution in [0.15, 0.2) is 24.3 Å². The van der Waals surface area contributed by atoms with Gasteiger partial charge in [-0.3, -0.25) is 9.69 Å². The van der Waals surface area contributed by atoms with Gasteiger partial charge in [0.15, 0.2) is 0 Å². The summed E-state index contributed by atoms with van der Waals surface area (Å²) in [5.41, 5.74) is 0.513. The second-order valence-corrected chi connectivity index (χ2v) is 7.88. The highest BCUT2D eigenvalue weighted by Gasteiger charge is 2.28. The number of aromatic nitrogens is 3. The van der Waals surface area contributed by atoms with Gasteiger partial charge in [-0.05, 0) is 38.3 Å². The standard InChI is InChI=1S/C21H28FN5O/c22-18-9-4-3-7-16(18)13-23-20(28)15-26-11-6-8-17(14-26)21-25-24-19-10-2-1-5-12-27(19)21/h3-4,7,9,17H,1-2,5-6,8,10-15H2,(H,23,28). The monoisotopic (exact) mass is 385 g/mol. The van der Waals surface area contributed by atoms with Crippen molar-refractivity contribution in [3.8, 4) is 0 Å². The third kappa shape index (κ3) is 4.41. The van der Waals surface area contributed by atoms with Crippen LogP contribution in [-0.2, 0) is 24.3 Å². The van der Waals surface area contributed by atoms with Crippen molar-refractivity contribution < 1.29 is 9.18 Å². The molecule has 2 aromatic rings. The Labute approximate surface area is 165 Å². The number of benzene rings is 1. The predicted molar refractivity (Wildman–Crippen MR) is 104 cm³/mol. The minimum atomic E-state index is -0.284. The largest absolute Gasteiger partial charge is 0.351 e. The second-order valence-electron chi connectivity index (χ2n) is 7.88. The number of fused-ring (bicyclic) bond motifs is 1. The maximum Gasteiger partial charge on any atom is 0.234 e. The Morgan fingerprint density at radius 2 is 2.04 bits per heavy atom. The number of piperidine rings is 1. The number of likely N-dealkylation sites (tertiary alicyclic amines) is 1. The van der Waals surface area contributed by atoms with Gasteiger partial charge in [0.25, 0.3) is 0 Å². The van der Waals surface area contributed by atoms with E-state index in [1.165, 1.54) is 25.3 Å². The highest BCUT2D eigenvalue weighted by Crippen LogP contribution is 2.27. The summed E-state index contributed by atoms with van der Waals surface area (Å²) in [6.07, 6.45) is 6.78. The number of rotatable bonds is 5. The van der Waals surface area contributed by atoms with Crippen LogP contribution in [0.3, 0.4) is 0 Å². The smallest absolute Gasteiger partial charge is 0.234 e. The molecule has 2 aliphatic rings. The summed E-state index contributed by atoms with van der Waals surface area (Å²) in [5.74, 6) is 2.19. The van der Waals surface area contributed by atoms with Crippen LogP contribution in [0, 0.1) is 5.82 Å². The summed E-state index contributed by atoms with van der Waals surface area (Å²) in [4.78, 5) is 14.5. The topological polar surface area (TPSA) is 63.1 Å². The van der Waals surface area contributed by atoms with Gasteiger partial charge in [-0.15, -0.1) is 10.2 Å². The van der Waals surface area contributed by atoms with Crippen LogP contribution in [0.25, 0.3) is 0 Å². The number of hydrogen-bond donors (Lipinski definition) is 1. The van der Waals surface area contributed by atoms with Crippen molar-refractivity contribution in [1.82, 2.24) is 25.0 Å². The minimum absolute atomic E-state index is 0.0658. The molecule has 1 unspecified atom stereocenters. The van der Waals surface area contributed by atoms with Crippen LogP contribution in [0.2, 0.25) is 0 Å². The lowest BCUT2D eigenvalue weighted by molar-refractivity contribution is -0.122. The van der Waals surface area contributed by atoms with E-state index in [4.69, 9.17) is 0 Å². The number of nitrogens with one attached hydrogen (secondary N) is 1. The molecule has 0 bridgehead atoms. The van der Waals surface area contributed by atoms with Crippen LogP contribution >= 0.6 is 0 Å². The van der Waals surface area contributed by atoms with Gasteiger partial charge in [0.2, 0.25) is 5.91 Å². The van der Waals surface area contributed by atoms with E-state index in [9.17, 15) is 9.18 Å². The van der Waals surface area contributed by atoms with E-state index in [0.29, 0.717) is 18.0 Å². The van der Waals surface area contributed by atoms with E-state index >= 15 is 0 Å². The second kappa shape index (κ2) is 8.82. The zero-order chi connectivity index (χ0) is 19.3. The quantitative estimate of drug-likeness (QED) is 0.860. The Morgan fingerprint density at radius 3 is 2.93 bits per heavy atom. The summed E-state index contributed by atoms with van der Waals surface area (Å²) in [6, 6.07) is 6.54. The Morgan fingerprint density at radius 1 is 1.14 bits per heavy atom. The van der Waals surface area contributed by atoms with E-state index in [-0.39, 0.29) is 18.3 Å². The van der Waals surface area contributed by atoms with Crippen molar-refractivity contribution in [1.29, 1.82) is 0 Å². The first kappa shape index (κ1) is 19.1. The first-order chi connectivity index (χ1) is 13.7. The summed E-state index contributed by atoms with van der Waals surface area (Å²) < 4.78 is 16.0. The van der Waals surface area contributed by atoms with Gasteiger partial charge in [-0.1, -0.05) is 24.6 Å². The molecule has 0 saturated carbocycles. The molecule has 3 heterocycles. The van der Waals surface area contributed by atoms with E-state index in [1.807, 2.05) is 0 Å². The van der Waals surface area contributed by atoms with Gasteiger partial charge in [-0.25, -0.2) is 4.39 Å². The highest BCUT2D eigenvalue weighted by atomic mass is 19.1. The first-order valence-corrected chi connectivity index (χ1v) is 10.3. The summed E-state index contributed by atoms with van der Waals surface area (Å²) in [7, 11) is 0. The Bertz CT molecular complexity index is 821. The molecule has 4 rings (SSSR count). The molecule has 1 fully saturated rings. The number of carbonyl (C=O) groups excluding carboxylic acids is 1. The molecule has 1 N–H and O–H groups in total. The van der Waals surface area contributed by atoms with Crippen LogP contribution in [-0.4, -0.2) is 45.2 Å². The number of nitrogens with zero attached hydrogens (tertiary/aromatic N) is 4. The fraction of sp³-hybridized carbons (Fsp3) is 0.571. The fourth-order valence-corrected chi connectivity index (χ4v) is 4.31. The van der Waals surface area contributed by atoms with Crippen LogP contribution in [0.4, 0.5) is 4.39 Å². The molecule has 1 saturated heterocycles. The molecular weight excluding hydrogens is 357 g/mol. The molecule has 7 heteroatoms. The van der Waals surface area contributed by atoms with Crippen molar-refractivity contribution in [3.63, 3.8) is 0 Å². The third-order valence-electron chi connectivity index (χ3n) is 5.81. The van der Waals surface area contributed by atoms with E-state index in [2.05, 4.69) is 25.0 Å². The lowest BCUT2D eigenvalue weighted by atomic mass is 9.97. The predicted octanol–water partition coefficient (Wildman–Crippen LogP) is 2.64. The van der Waals surface area contributed by atoms with Gasteiger partial charge in [-0.2, -0.15) is 0 Å². The molecule has 1 aromatic carbocycles. The summed E-state index contributed by atoms with van der Waals surface area (Å²) in [6.45, 7) is 3.31. The number of hydrogen-bond acceptors (Lipinski definition) is 4. The first-order valence-electron chi connectivity index (χ1n) is 10.3. The maximum absolute atomic E-state index is 13.7. The molecule has 0 spiro atoms. The molecule has 2 aliphatic heterocycles. The van der Waals surface area contributed by atoms with Crippen molar-refractivity contribution in [2.24, 2.45) is 0 Å². The summed E-state index contributed by atoms with van der Waals surface area (Å²) >= 11 is 0. The van der Waals surface area contributed by atoms with E-state index in [1.54, 1.807) is 18.2 Å². The Balaban J connectivity index is 1.33. The molecule has 28 heavy (non-hydrogen) atoms. The molecule has 1 aromatic heterocycles. The van der Waals surface area contributed by atoms with Gasteiger partial charge < -0.3 is 9.88 Å². The van der Waals surface area contributed by atoms with Crippen molar-refractivity contribution >= 4 is 5.91 Å². The lowest BCUT2D eigenvalue weighted by Gasteiger charge is -2.31. The Kier molecular flexibility index (Phi) is 6.00. The third-order valence-corrected chi connectivity index (χ3v) is 5.81. The zero-order valence-corrected chi connectivity index (χ0v) is 16.2. The summed E-state index contributed by atoms with van der Waals surface area (Å²) in [5, 5.41) is 11.8. The normalized spacial score (nSPS) is 20.4. The van der Waals surface area contributed by atoms with E-state index in [0.717, 1.165) is 50.5 Å². The van der Waals surface area contributed by atoms with Gasteiger partial charge >= 0.3 is 0 Å².